The van der Waals surface area contributed by atoms with Crippen molar-refractivity contribution in [3.63, 3.8) is 0 Å². The van der Waals surface area contributed by atoms with Gasteiger partial charge in [0.2, 0.25) is 0 Å². The van der Waals surface area contributed by atoms with E-state index in [0.717, 1.165) is 30.8 Å². The highest BCUT2D eigenvalue weighted by molar-refractivity contribution is 7.77. The van der Waals surface area contributed by atoms with Gasteiger partial charge in [0.15, 0.2) is 0 Å². The summed E-state index contributed by atoms with van der Waals surface area (Å²) in [6, 6.07) is 10.4. The van der Waals surface area contributed by atoms with E-state index in [-0.39, 0.29) is 12.0 Å². The second-order valence-corrected chi connectivity index (χ2v) is 8.03. The molecule has 0 amide bonds. The molecular weight excluding hydrogens is 334 g/mol. The van der Waals surface area contributed by atoms with Gasteiger partial charge in [-0.2, -0.15) is 5.26 Å². The van der Waals surface area contributed by atoms with Crippen molar-refractivity contribution >= 4 is 11.3 Å². The molecule has 0 bridgehead atoms. The van der Waals surface area contributed by atoms with Crippen LogP contribution in [0, 0.1) is 23.2 Å². The molecule has 3 unspecified atom stereocenters. The van der Waals surface area contributed by atoms with Gasteiger partial charge in [-0.05, 0) is 24.1 Å². The largest absolute Gasteiger partial charge is 0.760 e. The predicted octanol–water partition coefficient (Wildman–Crippen LogP) is 2.47. The second-order valence-electron chi connectivity index (χ2n) is 7.27. The number of benzene rings is 1. The van der Waals surface area contributed by atoms with E-state index in [2.05, 4.69) is 22.6 Å². The Morgan fingerprint density at radius 2 is 2.12 bits per heavy atom. The molecule has 0 radical (unpaired) electrons. The lowest BCUT2D eigenvalue weighted by atomic mass is 9.90. The monoisotopic (exact) mass is 360 g/mol. The number of nitriles is 1. The number of piperidine rings is 1. The zero-order chi connectivity index (χ0) is 17.9. The highest BCUT2D eigenvalue weighted by Crippen LogP contribution is 2.63. The smallest absolute Gasteiger partial charge is 0.0910 e. The number of likely N-dealkylation sites (tertiary alicyclic amines) is 1. The molecule has 1 aromatic rings. The van der Waals surface area contributed by atoms with Crippen LogP contribution >= 0.6 is 0 Å². The molecule has 1 saturated heterocycles. The number of hydrogen-bond donors (Lipinski definition) is 1. The summed E-state index contributed by atoms with van der Waals surface area (Å²) in [6.45, 7) is 5.66. The number of rotatable bonds is 9. The quantitative estimate of drug-likeness (QED) is 0.542. The third-order valence-corrected chi connectivity index (χ3v) is 6.15. The number of nitrogens with one attached hydrogen (secondary N) is 1. The molecule has 2 fully saturated rings. The lowest BCUT2D eigenvalue weighted by Crippen LogP contribution is -2.30. The lowest BCUT2D eigenvalue weighted by Gasteiger charge is -2.23. The van der Waals surface area contributed by atoms with Gasteiger partial charge in [0.25, 0.3) is 0 Å². The van der Waals surface area contributed by atoms with Gasteiger partial charge in [-0.3, -0.25) is 4.21 Å². The van der Waals surface area contributed by atoms with Gasteiger partial charge in [-0.25, -0.2) is 4.72 Å². The number of fused-ring (bicyclic) bond motifs is 1. The molecule has 0 aromatic heterocycles. The molecule has 1 saturated carbocycles. The Bertz CT molecular complexity index is 661. The fourth-order valence-electron chi connectivity index (χ4n) is 4.40. The van der Waals surface area contributed by atoms with Crippen molar-refractivity contribution in [1.82, 2.24) is 9.62 Å². The van der Waals surface area contributed by atoms with Gasteiger partial charge in [0.1, 0.15) is 0 Å². The Hall–Kier alpha value is -1.26. The van der Waals surface area contributed by atoms with Crippen LogP contribution in [-0.4, -0.2) is 33.3 Å². The van der Waals surface area contributed by atoms with Gasteiger partial charge >= 0.3 is 0 Å². The minimum Gasteiger partial charge on any atom is -0.760 e. The summed E-state index contributed by atoms with van der Waals surface area (Å²) < 4.78 is 23.7. The van der Waals surface area contributed by atoms with Crippen LogP contribution in [-0.2, 0) is 23.2 Å². The predicted molar refractivity (Wildman–Crippen MR) is 97.1 cm³/mol. The molecule has 1 aliphatic heterocycles. The summed E-state index contributed by atoms with van der Waals surface area (Å²) in [4.78, 5) is 2.51. The average molecular weight is 361 g/mol. The third-order valence-electron chi connectivity index (χ3n) is 5.77. The molecule has 0 spiro atoms. The van der Waals surface area contributed by atoms with Crippen LogP contribution in [0.1, 0.15) is 43.7 Å². The molecule has 3 rings (SSSR count). The highest BCUT2D eigenvalue weighted by Gasteiger charge is 2.69. The Morgan fingerprint density at radius 3 is 2.76 bits per heavy atom. The van der Waals surface area contributed by atoms with E-state index >= 15 is 0 Å². The lowest BCUT2D eigenvalue weighted by molar-refractivity contribution is 0.279. The topological polar surface area (TPSA) is 79.2 Å². The molecule has 2 aliphatic rings. The van der Waals surface area contributed by atoms with E-state index in [1.165, 1.54) is 25.7 Å². The van der Waals surface area contributed by atoms with E-state index in [0.29, 0.717) is 11.8 Å². The maximum atomic E-state index is 10.7. The molecule has 136 valence electrons. The summed E-state index contributed by atoms with van der Waals surface area (Å²) in [5.41, 5.74) is 1.58. The van der Waals surface area contributed by atoms with E-state index < -0.39 is 11.3 Å². The van der Waals surface area contributed by atoms with Crippen molar-refractivity contribution in [2.24, 2.45) is 11.8 Å². The fraction of sp³-hybridized carbons (Fsp3) is 0.632. The molecule has 25 heavy (non-hydrogen) atoms. The van der Waals surface area contributed by atoms with Crippen LogP contribution in [0.25, 0.3) is 0 Å². The van der Waals surface area contributed by atoms with Crippen LogP contribution in [0.3, 0.4) is 0 Å². The Morgan fingerprint density at radius 1 is 1.36 bits per heavy atom. The van der Waals surface area contributed by atoms with Crippen LogP contribution < -0.4 is 4.72 Å². The molecule has 6 heteroatoms. The molecule has 5 nitrogen and oxygen atoms in total. The van der Waals surface area contributed by atoms with Crippen molar-refractivity contribution in [3.8, 4) is 6.07 Å². The van der Waals surface area contributed by atoms with Crippen molar-refractivity contribution in [2.75, 3.05) is 19.6 Å². The van der Waals surface area contributed by atoms with E-state index in [1.807, 2.05) is 24.3 Å². The molecule has 1 N–H and O–H groups in total. The molecular formula is C19H26N3O2S-. The van der Waals surface area contributed by atoms with Gasteiger partial charge in [0, 0.05) is 42.7 Å². The minimum atomic E-state index is -2.27. The van der Waals surface area contributed by atoms with Crippen molar-refractivity contribution in [1.29, 1.82) is 5.26 Å². The summed E-state index contributed by atoms with van der Waals surface area (Å²) in [5.74, 6) is 0.834. The summed E-state index contributed by atoms with van der Waals surface area (Å²) in [6.07, 6.45) is 5.11. The van der Waals surface area contributed by atoms with Crippen molar-refractivity contribution in [3.05, 3.63) is 35.4 Å². The fourth-order valence-corrected chi connectivity index (χ4v) is 4.68. The maximum Gasteiger partial charge on any atom is 0.0910 e. The highest BCUT2D eigenvalue weighted by atomic mass is 32.2. The van der Waals surface area contributed by atoms with Gasteiger partial charge < -0.3 is 9.45 Å². The standard InChI is InChI=1S/C19H27N3O2S/c1-2-3-4-5-9-22-12-17-18(13-22)19(17,14-20)16-8-6-7-15(10-16)11-21-25(23)24/h6-8,10,17-18,21H,2-5,9,11-13H2,1H3,(H,23,24)/p-1. The maximum absolute atomic E-state index is 10.7. The van der Waals surface area contributed by atoms with E-state index in [9.17, 15) is 14.0 Å². The van der Waals surface area contributed by atoms with Crippen molar-refractivity contribution < 1.29 is 8.76 Å². The molecule has 1 aromatic carbocycles. The van der Waals surface area contributed by atoms with Gasteiger partial charge in [0.05, 0.1) is 11.5 Å². The van der Waals surface area contributed by atoms with Crippen LogP contribution in [0.2, 0.25) is 0 Å². The van der Waals surface area contributed by atoms with Crippen LogP contribution in [0.15, 0.2) is 24.3 Å². The van der Waals surface area contributed by atoms with Crippen molar-refractivity contribution in [2.45, 2.75) is 44.6 Å². The van der Waals surface area contributed by atoms with Gasteiger partial charge in [-0.15, -0.1) is 0 Å². The van der Waals surface area contributed by atoms with Crippen LogP contribution in [0.5, 0.6) is 0 Å². The summed E-state index contributed by atoms with van der Waals surface area (Å²) >= 11 is -2.27. The van der Waals surface area contributed by atoms with E-state index in [4.69, 9.17) is 0 Å². The number of hydrogen-bond acceptors (Lipinski definition) is 4. The third kappa shape index (κ3) is 3.80. The zero-order valence-electron chi connectivity index (χ0n) is 14.7. The minimum absolute atomic E-state index is 0.268. The summed E-state index contributed by atoms with van der Waals surface area (Å²) in [7, 11) is 0. The first-order chi connectivity index (χ1) is 12.1. The number of nitrogens with zero attached hydrogens (tertiary/aromatic N) is 2. The Balaban J connectivity index is 1.61. The van der Waals surface area contributed by atoms with Gasteiger partial charge in [-0.1, -0.05) is 50.5 Å². The van der Waals surface area contributed by atoms with Crippen LogP contribution in [0.4, 0.5) is 0 Å². The molecule has 1 heterocycles. The Labute approximate surface area is 152 Å². The number of unbranched alkanes of at least 4 members (excludes halogenated alkanes) is 3. The molecule has 3 atom stereocenters. The first-order valence-electron chi connectivity index (χ1n) is 9.17. The normalized spacial score (nSPS) is 29.2. The van der Waals surface area contributed by atoms with E-state index in [1.54, 1.807) is 0 Å². The first-order valence-corrected chi connectivity index (χ1v) is 10.2. The average Bonchev–Trinajstić information content (AvgIpc) is 3.00. The first kappa shape index (κ1) is 18.5. The zero-order valence-corrected chi connectivity index (χ0v) is 15.6. The Kier molecular flexibility index (Phi) is 5.90. The SMILES string of the molecule is CCCCCCN1CC2C(C1)C2(C#N)c1cccc(CNS(=O)[O-])c1. The summed E-state index contributed by atoms with van der Waals surface area (Å²) in [5, 5.41) is 9.87. The molecule has 1 aliphatic carbocycles. The second kappa shape index (κ2) is 7.96.